The molecule has 0 radical (unpaired) electrons. The van der Waals surface area contributed by atoms with Crippen molar-refractivity contribution in [2.75, 3.05) is 17.7 Å². The number of amides is 3. The summed E-state index contributed by atoms with van der Waals surface area (Å²) in [6, 6.07) is 25.2. The predicted octanol–water partition coefficient (Wildman–Crippen LogP) is 8.29. The van der Waals surface area contributed by atoms with Crippen LogP contribution in [0, 0.1) is 0 Å². The molecule has 0 aromatic heterocycles. The highest BCUT2D eigenvalue weighted by molar-refractivity contribution is 8.00. The summed E-state index contributed by atoms with van der Waals surface area (Å²) in [5, 5.41) is 6.96. The molecule has 1 unspecified atom stereocenters. The SMILES string of the molecule is CCC(Sc1cccc(NC(=O)/C(=C\c2ccccc2OC)NC(=O)c2ccccc2)c1)C(=O)Nc1ccc(Cl)cc1C(F)(F)F. The summed E-state index contributed by atoms with van der Waals surface area (Å²) in [7, 11) is 1.49. The van der Waals surface area contributed by atoms with Crippen molar-refractivity contribution in [2.45, 2.75) is 29.7 Å². The zero-order valence-corrected chi connectivity index (χ0v) is 26.2. The summed E-state index contributed by atoms with van der Waals surface area (Å²) in [5.74, 6) is -1.25. The molecule has 7 nitrogen and oxygen atoms in total. The van der Waals surface area contributed by atoms with E-state index in [-0.39, 0.29) is 10.7 Å². The van der Waals surface area contributed by atoms with E-state index < -0.39 is 40.4 Å². The van der Waals surface area contributed by atoms with Gasteiger partial charge in [-0.25, -0.2) is 0 Å². The fourth-order valence-electron chi connectivity index (χ4n) is 4.29. The maximum absolute atomic E-state index is 13.5. The Kier molecular flexibility index (Phi) is 11.5. The number of benzene rings is 4. The van der Waals surface area contributed by atoms with E-state index in [2.05, 4.69) is 16.0 Å². The number of hydrogen-bond acceptors (Lipinski definition) is 5. The number of carbonyl (C=O) groups is 3. The van der Waals surface area contributed by atoms with Gasteiger partial charge in [-0.2, -0.15) is 13.2 Å². The van der Waals surface area contributed by atoms with Crippen molar-refractivity contribution < 1.29 is 32.3 Å². The molecule has 0 saturated carbocycles. The highest BCUT2D eigenvalue weighted by Gasteiger charge is 2.34. The molecular weight excluding hydrogens is 639 g/mol. The Balaban J connectivity index is 1.53. The molecule has 0 heterocycles. The molecule has 0 aliphatic carbocycles. The Morgan fingerprint density at radius 2 is 1.63 bits per heavy atom. The number of nitrogens with one attached hydrogen (secondary N) is 3. The lowest BCUT2D eigenvalue weighted by atomic mass is 10.1. The van der Waals surface area contributed by atoms with Crippen LogP contribution in [-0.4, -0.2) is 30.1 Å². The summed E-state index contributed by atoms with van der Waals surface area (Å²) in [4.78, 5) is 40.1. The Labute approximate surface area is 273 Å². The first kappa shape index (κ1) is 34.1. The van der Waals surface area contributed by atoms with Gasteiger partial charge in [-0.3, -0.25) is 14.4 Å². The van der Waals surface area contributed by atoms with Crippen molar-refractivity contribution in [3.63, 3.8) is 0 Å². The minimum absolute atomic E-state index is 0.0503. The molecule has 4 aromatic carbocycles. The van der Waals surface area contributed by atoms with E-state index >= 15 is 0 Å². The van der Waals surface area contributed by atoms with Crippen LogP contribution in [0.25, 0.3) is 6.08 Å². The highest BCUT2D eigenvalue weighted by Crippen LogP contribution is 2.37. The Bertz CT molecular complexity index is 1750. The smallest absolute Gasteiger partial charge is 0.418 e. The van der Waals surface area contributed by atoms with Crippen LogP contribution in [0.5, 0.6) is 5.75 Å². The first-order valence-electron chi connectivity index (χ1n) is 13.9. The number of alkyl halides is 3. The molecular formula is C34H29ClF3N3O4S. The number of para-hydroxylation sites is 1. The number of halogens is 4. The van der Waals surface area contributed by atoms with Gasteiger partial charge in [0.25, 0.3) is 11.8 Å². The summed E-state index contributed by atoms with van der Waals surface area (Å²) >= 11 is 6.88. The Morgan fingerprint density at radius 3 is 2.33 bits per heavy atom. The third-order valence-corrected chi connectivity index (χ3v) is 8.14. The van der Waals surface area contributed by atoms with Crippen LogP contribution in [0.4, 0.5) is 24.5 Å². The molecule has 12 heteroatoms. The third kappa shape index (κ3) is 9.15. The average Bonchev–Trinajstić information content (AvgIpc) is 3.04. The maximum Gasteiger partial charge on any atom is 0.418 e. The van der Waals surface area contributed by atoms with Gasteiger partial charge in [-0.15, -0.1) is 11.8 Å². The largest absolute Gasteiger partial charge is 0.496 e. The van der Waals surface area contributed by atoms with Crippen LogP contribution in [0.3, 0.4) is 0 Å². The number of anilines is 2. The van der Waals surface area contributed by atoms with Gasteiger partial charge < -0.3 is 20.7 Å². The van der Waals surface area contributed by atoms with Crippen LogP contribution < -0.4 is 20.7 Å². The molecule has 46 heavy (non-hydrogen) atoms. The lowest BCUT2D eigenvalue weighted by molar-refractivity contribution is -0.137. The molecule has 4 aromatic rings. The normalized spacial score (nSPS) is 12.2. The lowest BCUT2D eigenvalue weighted by Crippen LogP contribution is -2.30. The summed E-state index contributed by atoms with van der Waals surface area (Å²) in [6.45, 7) is 1.74. The van der Waals surface area contributed by atoms with Crippen molar-refractivity contribution >= 4 is 58.5 Å². The van der Waals surface area contributed by atoms with Gasteiger partial charge in [0.2, 0.25) is 5.91 Å². The molecule has 0 spiro atoms. The maximum atomic E-state index is 13.5. The van der Waals surface area contributed by atoms with Gasteiger partial charge in [0.15, 0.2) is 0 Å². The molecule has 238 valence electrons. The summed E-state index contributed by atoms with van der Waals surface area (Å²) in [5.41, 5.74) is -0.223. The van der Waals surface area contributed by atoms with Crippen LogP contribution in [0.2, 0.25) is 5.02 Å². The average molecular weight is 668 g/mol. The monoisotopic (exact) mass is 667 g/mol. The minimum atomic E-state index is -4.71. The number of ether oxygens (including phenoxy) is 1. The minimum Gasteiger partial charge on any atom is -0.496 e. The topological polar surface area (TPSA) is 96.5 Å². The van der Waals surface area contributed by atoms with E-state index in [0.717, 1.165) is 23.9 Å². The molecule has 0 saturated heterocycles. The first-order valence-corrected chi connectivity index (χ1v) is 15.2. The molecule has 0 aliphatic rings. The first-order chi connectivity index (χ1) is 22.0. The van der Waals surface area contributed by atoms with Crippen molar-refractivity contribution in [1.29, 1.82) is 0 Å². The van der Waals surface area contributed by atoms with Crippen molar-refractivity contribution in [1.82, 2.24) is 5.32 Å². The second kappa shape index (κ2) is 15.5. The van der Waals surface area contributed by atoms with E-state index in [1.807, 2.05) is 0 Å². The Hall–Kier alpha value is -4.74. The molecule has 1 atom stereocenters. The number of rotatable bonds is 11. The van der Waals surface area contributed by atoms with Gasteiger partial charge in [0.1, 0.15) is 11.4 Å². The van der Waals surface area contributed by atoms with Crippen LogP contribution >= 0.6 is 23.4 Å². The van der Waals surface area contributed by atoms with Crippen LogP contribution in [0.1, 0.15) is 34.8 Å². The zero-order valence-electron chi connectivity index (χ0n) is 24.7. The van der Waals surface area contributed by atoms with Gasteiger partial charge in [0, 0.05) is 26.7 Å². The van der Waals surface area contributed by atoms with Crippen molar-refractivity contribution in [3.05, 3.63) is 124 Å². The van der Waals surface area contributed by atoms with Gasteiger partial charge in [-0.05, 0) is 67.1 Å². The Morgan fingerprint density at radius 1 is 0.913 bits per heavy atom. The van der Waals surface area contributed by atoms with E-state index in [9.17, 15) is 27.6 Å². The zero-order chi connectivity index (χ0) is 33.3. The van der Waals surface area contributed by atoms with Gasteiger partial charge in [0.05, 0.1) is 23.6 Å². The second-order valence-corrected chi connectivity index (χ2v) is 11.5. The highest BCUT2D eigenvalue weighted by atomic mass is 35.5. The fourth-order valence-corrected chi connectivity index (χ4v) is 5.47. The molecule has 3 N–H and O–H groups in total. The predicted molar refractivity (Wildman–Crippen MR) is 175 cm³/mol. The number of thioether (sulfide) groups is 1. The van der Waals surface area contributed by atoms with Crippen LogP contribution in [-0.2, 0) is 15.8 Å². The molecule has 0 bridgehead atoms. The van der Waals surface area contributed by atoms with E-state index in [1.54, 1.807) is 85.8 Å². The van der Waals surface area contributed by atoms with E-state index in [1.165, 1.54) is 19.3 Å². The summed E-state index contributed by atoms with van der Waals surface area (Å²) in [6.07, 6.45) is -2.91. The van der Waals surface area contributed by atoms with Crippen molar-refractivity contribution in [2.24, 2.45) is 0 Å². The molecule has 4 rings (SSSR count). The fraction of sp³-hybridized carbons (Fsp3) is 0.147. The number of methoxy groups -OCH3 is 1. The molecule has 0 aliphatic heterocycles. The number of carbonyl (C=O) groups excluding carboxylic acids is 3. The third-order valence-electron chi connectivity index (χ3n) is 6.55. The molecule has 3 amide bonds. The standard InChI is InChI=1S/C34H29ClF3N3O4S/c1-3-30(33(44)40-27-17-16-23(35)19-26(27)34(36,37)38)46-25-14-9-13-24(20-25)39-32(43)28(18-22-12-7-8-15-29(22)45-2)41-31(42)21-10-5-4-6-11-21/h4-20,30H,3H2,1-2H3,(H,39,43)(H,40,44)(H,41,42)/b28-18+. The lowest BCUT2D eigenvalue weighted by Gasteiger charge is -2.18. The summed E-state index contributed by atoms with van der Waals surface area (Å²) < 4.78 is 46.0. The van der Waals surface area contributed by atoms with Crippen LogP contribution in [0.15, 0.2) is 108 Å². The molecule has 0 fully saturated rings. The quantitative estimate of drug-likeness (QED) is 0.111. The van der Waals surface area contributed by atoms with E-state index in [4.69, 9.17) is 16.3 Å². The number of hydrogen-bond donors (Lipinski definition) is 3. The van der Waals surface area contributed by atoms with E-state index in [0.29, 0.717) is 33.9 Å². The van der Waals surface area contributed by atoms with Gasteiger partial charge in [-0.1, -0.05) is 61.0 Å². The second-order valence-electron chi connectivity index (χ2n) is 9.79. The van der Waals surface area contributed by atoms with Gasteiger partial charge >= 0.3 is 6.18 Å². The van der Waals surface area contributed by atoms with Crippen molar-refractivity contribution in [3.8, 4) is 5.75 Å².